The minimum Gasteiger partial charge on any atom is -0.419 e. The first-order chi connectivity index (χ1) is 12.5. The molecule has 136 valence electrons. The fraction of sp³-hybridized carbons (Fsp3) is 0.222. The van der Waals surface area contributed by atoms with E-state index in [-0.39, 0.29) is 12.4 Å². The first kappa shape index (κ1) is 19.0. The lowest BCUT2D eigenvalue weighted by molar-refractivity contribution is 0.171. The number of aliphatic hydroxyl groups is 1. The van der Waals surface area contributed by atoms with Gasteiger partial charge in [0, 0.05) is 33.7 Å². The van der Waals surface area contributed by atoms with Gasteiger partial charge in [-0.2, -0.15) is 0 Å². The summed E-state index contributed by atoms with van der Waals surface area (Å²) in [5, 5.41) is 18.0. The molecular weight excluding hydrogens is 425 g/mol. The summed E-state index contributed by atoms with van der Waals surface area (Å²) in [6.07, 6.45) is 0. The first-order valence-electron chi connectivity index (χ1n) is 7.90. The Labute approximate surface area is 163 Å². The molecule has 1 aromatic heterocycles. The van der Waals surface area contributed by atoms with Crippen LogP contribution in [0.4, 0.5) is 4.39 Å². The van der Waals surface area contributed by atoms with E-state index in [9.17, 15) is 9.50 Å². The van der Waals surface area contributed by atoms with Gasteiger partial charge in [-0.1, -0.05) is 27.5 Å². The summed E-state index contributed by atoms with van der Waals surface area (Å²) in [6.45, 7) is 0.899. The highest BCUT2D eigenvalue weighted by Gasteiger charge is 2.15. The quantitative estimate of drug-likeness (QED) is 0.594. The van der Waals surface area contributed by atoms with Crippen LogP contribution in [0.15, 0.2) is 51.4 Å². The smallest absolute Gasteiger partial charge is 0.247 e. The molecule has 1 heterocycles. The van der Waals surface area contributed by atoms with Crippen LogP contribution in [-0.2, 0) is 13.1 Å². The molecule has 0 bridgehead atoms. The van der Waals surface area contributed by atoms with E-state index in [1.807, 2.05) is 4.90 Å². The molecule has 0 amide bonds. The molecule has 1 N–H and O–H groups in total. The standard InChI is InChI=1S/C18H16BrClFN3O2/c19-14-3-6-16(21)13(9-14)10-24(7-8-25)11-17-22-23-18(26-17)12-1-4-15(20)5-2-12/h1-6,9,25H,7-8,10-11H2. The molecule has 26 heavy (non-hydrogen) atoms. The second kappa shape index (κ2) is 8.73. The van der Waals surface area contributed by atoms with Crippen LogP contribution in [0.1, 0.15) is 11.5 Å². The maximum atomic E-state index is 14.0. The number of aromatic nitrogens is 2. The number of hydrogen-bond donors (Lipinski definition) is 1. The Hall–Kier alpha value is -1.80. The zero-order valence-electron chi connectivity index (χ0n) is 13.7. The molecule has 0 aliphatic rings. The summed E-state index contributed by atoms with van der Waals surface area (Å²) in [4.78, 5) is 1.84. The van der Waals surface area contributed by atoms with Crippen molar-refractivity contribution in [3.8, 4) is 11.5 Å². The molecule has 3 rings (SSSR count). The highest BCUT2D eigenvalue weighted by molar-refractivity contribution is 9.10. The molecule has 0 saturated carbocycles. The van der Waals surface area contributed by atoms with E-state index in [0.29, 0.717) is 42.0 Å². The Kier molecular flexibility index (Phi) is 6.37. The lowest BCUT2D eigenvalue weighted by atomic mass is 10.2. The summed E-state index contributed by atoms with van der Waals surface area (Å²) in [6, 6.07) is 11.8. The van der Waals surface area contributed by atoms with Crippen molar-refractivity contribution in [3.05, 3.63) is 69.2 Å². The van der Waals surface area contributed by atoms with Gasteiger partial charge < -0.3 is 9.52 Å². The van der Waals surface area contributed by atoms with Crippen LogP contribution in [0, 0.1) is 5.82 Å². The number of hydrogen-bond acceptors (Lipinski definition) is 5. The Morgan fingerprint density at radius 1 is 1.12 bits per heavy atom. The maximum Gasteiger partial charge on any atom is 0.247 e. The van der Waals surface area contributed by atoms with Crippen molar-refractivity contribution in [1.29, 1.82) is 0 Å². The Bertz CT molecular complexity index is 873. The van der Waals surface area contributed by atoms with Crippen LogP contribution in [0.3, 0.4) is 0 Å². The van der Waals surface area contributed by atoms with Gasteiger partial charge in [0.1, 0.15) is 5.82 Å². The van der Waals surface area contributed by atoms with Gasteiger partial charge in [-0.15, -0.1) is 10.2 Å². The molecule has 8 heteroatoms. The molecule has 0 atom stereocenters. The van der Waals surface area contributed by atoms with Gasteiger partial charge in [-0.05, 0) is 42.5 Å². The average Bonchev–Trinajstić information content (AvgIpc) is 3.07. The van der Waals surface area contributed by atoms with Gasteiger partial charge in [0.15, 0.2) is 0 Å². The van der Waals surface area contributed by atoms with Crippen molar-refractivity contribution in [2.45, 2.75) is 13.1 Å². The normalized spacial score (nSPS) is 11.3. The topological polar surface area (TPSA) is 62.4 Å². The molecule has 0 aliphatic heterocycles. The third kappa shape index (κ3) is 4.88. The van der Waals surface area contributed by atoms with Crippen molar-refractivity contribution in [3.63, 3.8) is 0 Å². The summed E-state index contributed by atoms with van der Waals surface area (Å²) in [7, 11) is 0. The van der Waals surface area contributed by atoms with Gasteiger partial charge in [-0.25, -0.2) is 4.39 Å². The van der Waals surface area contributed by atoms with E-state index in [1.54, 1.807) is 36.4 Å². The van der Waals surface area contributed by atoms with Gasteiger partial charge in [0.25, 0.3) is 0 Å². The van der Waals surface area contributed by atoms with Gasteiger partial charge >= 0.3 is 0 Å². The molecule has 0 fully saturated rings. The molecule has 2 aromatic carbocycles. The second-order valence-electron chi connectivity index (χ2n) is 5.68. The van der Waals surface area contributed by atoms with E-state index < -0.39 is 0 Å². The fourth-order valence-corrected chi connectivity index (χ4v) is 3.01. The van der Waals surface area contributed by atoms with Crippen LogP contribution in [-0.4, -0.2) is 33.4 Å². The number of rotatable bonds is 7. The van der Waals surface area contributed by atoms with Crippen molar-refractivity contribution in [1.82, 2.24) is 15.1 Å². The highest BCUT2D eigenvalue weighted by atomic mass is 79.9. The lowest BCUT2D eigenvalue weighted by Gasteiger charge is -2.19. The SMILES string of the molecule is OCCN(Cc1nnc(-c2ccc(Cl)cc2)o1)Cc1cc(Br)ccc1F. The summed E-state index contributed by atoms with van der Waals surface area (Å²) >= 11 is 9.22. The number of nitrogens with zero attached hydrogens (tertiary/aromatic N) is 3. The third-order valence-corrected chi connectivity index (χ3v) is 4.48. The second-order valence-corrected chi connectivity index (χ2v) is 7.03. The zero-order valence-corrected chi connectivity index (χ0v) is 16.0. The van der Waals surface area contributed by atoms with E-state index >= 15 is 0 Å². The van der Waals surface area contributed by atoms with Crippen LogP contribution in [0.25, 0.3) is 11.5 Å². The Morgan fingerprint density at radius 3 is 2.62 bits per heavy atom. The monoisotopic (exact) mass is 439 g/mol. The predicted molar refractivity (Wildman–Crippen MR) is 100 cm³/mol. The van der Waals surface area contributed by atoms with Crippen LogP contribution < -0.4 is 0 Å². The van der Waals surface area contributed by atoms with E-state index in [4.69, 9.17) is 16.0 Å². The molecule has 3 aromatic rings. The number of benzene rings is 2. The molecule has 0 radical (unpaired) electrons. The number of halogens is 3. The molecule has 5 nitrogen and oxygen atoms in total. The Balaban J connectivity index is 1.74. The van der Waals surface area contributed by atoms with Gasteiger partial charge in [0.05, 0.1) is 13.2 Å². The van der Waals surface area contributed by atoms with E-state index in [0.717, 1.165) is 10.0 Å². The summed E-state index contributed by atoms with van der Waals surface area (Å²) in [5.41, 5.74) is 1.28. The van der Waals surface area contributed by atoms with Crippen molar-refractivity contribution >= 4 is 27.5 Å². The maximum absolute atomic E-state index is 14.0. The average molecular weight is 441 g/mol. The Morgan fingerprint density at radius 2 is 1.88 bits per heavy atom. The highest BCUT2D eigenvalue weighted by Crippen LogP contribution is 2.22. The van der Waals surface area contributed by atoms with Crippen LogP contribution in [0.2, 0.25) is 5.02 Å². The molecular formula is C18H16BrClFN3O2. The minimum absolute atomic E-state index is 0.0617. The molecule has 0 unspecified atom stereocenters. The fourth-order valence-electron chi connectivity index (χ4n) is 2.48. The van der Waals surface area contributed by atoms with Crippen molar-refractivity contribution in [2.75, 3.05) is 13.2 Å². The third-order valence-electron chi connectivity index (χ3n) is 3.73. The number of aliphatic hydroxyl groups excluding tert-OH is 1. The minimum atomic E-state index is -0.302. The largest absolute Gasteiger partial charge is 0.419 e. The molecule has 0 aliphatic carbocycles. The predicted octanol–water partition coefficient (Wildman–Crippen LogP) is 4.29. The van der Waals surface area contributed by atoms with E-state index in [2.05, 4.69) is 26.1 Å². The molecule has 0 spiro atoms. The molecule has 0 saturated heterocycles. The van der Waals surface area contributed by atoms with Crippen LogP contribution >= 0.6 is 27.5 Å². The zero-order chi connectivity index (χ0) is 18.5. The van der Waals surface area contributed by atoms with Gasteiger partial charge in [-0.3, -0.25) is 4.90 Å². The van der Waals surface area contributed by atoms with Crippen LogP contribution in [0.5, 0.6) is 0 Å². The van der Waals surface area contributed by atoms with E-state index in [1.165, 1.54) is 6.07 Å². The first-order valence-corrected chi connectivity index (χ1v) is 9.07. The lowest BCUT2D eigenvalue weighted by Crippen LogP contribution is -2.26. The summed E-state index contributed by atoms with van der Waals surface area (Å²) < 4.78 is 20.5. The van der Waals surface area contributed by atoms with Gasteiger partial charge in [0.2, 0.25) is 11.8 Å². The van der Waals surface area contributed by atoms with Crippen molar-refractivity contribution < 1.29 is 13.9 Å². The summed E-state index contributed by atoms with van der Waals surface area (Å²) in [5.74, 6) is 0.469. The van der Waals surface area contributed by atoms with Crippen molar-refractivity contribution in [2.24, 2.45) is 0 Å².